The van der Waals surface area contributed by atoms with Crippen LogP contribution in [-0.4, -0.2) is 23.8 Å². The Hall–Kier alpha value is -1.13. The molecule has 1 aromatic rings. The van der Waals surface area contributed by atoms with Gasteiger partial charge >= 0.3 is 0 Å². The Morgan fingerprint density at radius 2 is 2.13 bits per heavy atom. The average Bonchev–Trinajstić information content (AvgIpc) is 2.68. The van der Waals surface area contributed by atoms with Gasteiger partial charge in [0, 0.05) is 7.11 Å². The normalized spacial score (nSPS) is 17.7. The number of thioether (sulfide) groups is 1. The third kappa shape index (κ3) is 2.27. The second kappa shape index (κ2) is 4.59. The molecule has 1 atom stereocenters. The van der Waals surface area contributed by atoms with E-state index in [0.717, 1.165) is 10.6 Å². The van der Waals surface area contributed by atoms with Crippen molar-refractivity contribution in [1.29, 1.82) is 0 Å². The summed E-state index contributed by atoms with van der Waals surface area (Å²) in [6.07, 6.45) is -0.206. The Bertz CT molecular complexity index is 389. The van der Waals surface area contributed by atoms with Crippen LogP contribution in [0.1, 0.15) is 11.7 Å². The average molecular weight is 221 g/mol. The number of hydrogen-bond donors (Lipinski definition) is 0. The molecule has 0 N–H and O–H groups in total. The molecule has 1 amide bonds. The number of carbonyl (C=O) groups is 1. The number of ether oxygens (including phenoxy) is 1. The van der Waals surface area contributed by atoms with Gasteiger partial charge in [-0.25, -0.2) is 4.99 Å². The number of nitrogens with zero attached hydrogens (tertiary/aromatic N) is 1. The molecule has 0 radical (unpaired) electrons. The van der Waals surface area contributed by atoms with E-state index in [0.29, 0.717) is 5.75 Å². The smallest absolute Gasteiger partial charge is 0.256 e. The summed E-state index contributed by atoms with van der Waals surface area (Å²) in [5, 5.41) is 0.758. The van der Waals surface area contributed by atoms with Gasteiger partial charge in [-0.3, -0.25) is 4.79 Å². The maximum atomic E-state index is 11.0. The first kappa shape index (κ1) is 10.4. The van der Waals surface area contributed by atoms with Crippen LogP contribution < -0.4 is 0 Å². The van der Waals surface area contributed by atoms with Gasteiger partial charge < -0.3 is 4.74 Å². The molecule has 1 aliphatic heterocycles. The van der Waals surface area contributed by atoms with Gasteiger partial charge in [-0.05, 0) is 5.56 Å². The first-order valence-corrected chi connectivity index (χ1v) is 5.62. The molecular weight excluding hydrogens is 210 g/mol. The van der Waals surface area contributed by atoms with Gasteiger partial charge in [-0.2, -0.15) is 0 Å². The van der Waals surface area contributed by atoms with Crippen LogP contribution in [0.2, 0.25) is 0 Å². The molecule has 0 aliphatic carbocycles. The van der Waals surface area contributed by atoms with E-state index in [4.69, 9.17) is 4.74 Å². The second-order valence-corrected chi connectivity index (χ2v) is 4.15. The standard InChI is InChI=1S/C11H11NO2S/c1-14-10(8-5-3-2-4-6-8)11-12-9(13)7-15-11/h2-6,10H,7H2,1H3. The summed E-state index contributed by atoms with van der Waals surface area (Å²) in [6.45, 7) is 0. The van der Waals surface area contributed by atoms with Gasteiger partial charge in [0.1, 0.15) is 11.1 Å². The number of benzene rings is 1. The van der Waals surface area contributed by atoms with E-state index in [9.17, 15) is 4.79 Å². The van der Waals surface area contributed by atoms with Gasteiger partial charge in [-0.1, -0.05) is 42.1 Å². The zero-order valence-corrected chi connectivity index (χ0v) is 9.16. The van der Waals surface area contributed by atoms with E-state index in [1.807, 2.05) is 30.3 Å². The number of hydrogen-bond acceptors (Lipinski definition) is 3. The summed E-state index contributed by atoms with van der Waals surface area (Å²) in [7, 11) is 1.63. The third-order valence-electron chi connectivity index (χ3n) is 2.14. The summed E-state index contributed by atoms with van der Waals surface area (Å²) in [6, 6.07) is 9.79. The van der Waals surface area contributed by atoms with E-state index < -0.39 is 0 Å². The van der Waals surface area contributed by atoms with Gasteiger partial charge in [0.2, 0.25) is 0 Å². The molecule has 1 aromatic carbocycles. The van der Waals surface area contributed by atoms with E-state index in [1.54, 1.807) is 7.11 Å². The topological polar surface area (TPSA) is 38.7 Å². The summed E-state index contributed by atoms with van der Waals surface area (Å²) in [5.41, 5.74) is 1.03. The third-order valence-corrected chi connectivity index (χ3v) is 3.13. The molecule has 15 heavy (non-hydrogen) atoms. The van der Waals surface area contributed by atoms with Crippen LogP contribution in [0, 0.1) is 0 Å². The molecular formula is C11H11NO2S. The van der Waals surface area contributed by atoms with Gasteiger partial charge in [0.15, 0.2) is 0 Å². The highest BCUT2D eigenvalue weighted by Gasteiger charge is 2.24. The van der Waals surface area contributed by atoms with Gasteiger partial charge in [0.05, 0.1) is 5.75 Å². The number of carbonyl (C=O) groups excluding carboxylic acids is 1. The minimum Gasteiger partial charge on any atom is -0.370 e. The molecule has 0 aromatic heterocycles. The van der Waals surface area contributed by atoms with Gasteiger partial charge in [-0.15, -0.1) is 0 Å². The molecule has 0 bridgehead atoms. The van der Waals surface area contributed by atoms with Crippen molar-refractivity contribution in [2.24, 2.45) is 4.99 Å². The lowest BCUT2D eigenvalue weighted by atomic mass is 10.1. The van der Waals surface area contributed by atoms with Crippen molar-refractivity contribution in [3.63, 3.8) is 0 Å². The fourth-order valence-corrected chi connectivity index (χ4v) is 2.35. The fourth-order valence-electron chi connectivity index (χ4n) is 1.46. The molecule has 1 unspecified atom stereocenters. The Labute approximate surface area is 92.5 Å². The van der Waals surface area contributed by atoms with Crippen molar-refractivity contribution in [3.8, 4) is 0 Å². The largest absolute Gasteiger partial charge is 0.370 e. The molecule has 0 fully saturated rings. The minimum atomic E-state index is -0.206. The second-order valence-electron chi connectivity index (χ2n) is 3.16. The van der Waals surface area contributed by atoms with Crippen LogP contribution in [0.5, 0.6) is 0 Å². The maximum absolute atomic E-state index is 11.0. The maximum Gasteiger partial charge on any atom is 0.256 e. The first-order valence-electron chi connectivity index (χ1n) is 4.63. The first-order chi connectivity index (χ1) is 7.31. The lowest BCUT2D eigenvalue weighted by Gasteiger charge is -2.14. The molecule has 3 nitrogen and oxygen atoms in total. The zero-order valence-electron chi connectivity index (χ0n) is 8.34. The van der Waals surface area contributed by atoms with Crippen molar-refractivity contribution >= 4 is 22.7 Å². The highest BCUT2D eigenvalue weighted by Crippen LogP contribution is 2.28. The lowest BCUT2D eigenvalue weighted by molar-refractivity contribution is -0.115. The van der Waals surface area contributed by atoms with Crippen LogP contribution in [-0.2, 0) is 9.53 Å². The quantitative estimate of drug-likeness (QED) is 0.784. The van der Waals surface area contributed by atoms with E-state index in [1.165, 1.54) is 11.8 Å². The highest BCUT2D eigenvalue weighted by molar-refractivity contribution is 8.15. The van der Waals surface area contributed by atoms with Crippen molar-refractivity contribution < 1.29 is 9.53 Å². The Morgan fingerprint density at radius 1 is 1.40 bits per heavy atom. The van der Waals surface area contributed by atoms with Crippen LogP contribution in [0.4, 0.5) is 0 Å². The van der Waals surface area contributed by atoms with Crippen LogP contribution in [0.25, 0.3) is 0 Å². The highest BCUT2D eigenvalue weighted by atomic mass is 32.2. The van der Waals surface area contributed by atoms with Crippen molar-refractivity contribution in [1.82, 2.24) is 0 Å². The fraction of sp³-hybridized carbons (Fsp3) is 0.273. The van der Waals surface area contributed by atoms with Crippen LogP contribution >= 0.6 is 11.8 Å². The summed E-state index contributed by atoms with van der Waals surface area (Å²) >= 11 is 1.45. The number of rotatable bonds is 3. The summed E-state index contributed by atoms with van der Waals surface area (Å²) < 4.78 is 5.36. The van der Waals surface area contributed by atoms with E-state index in [-0.39, 0.29) is 12.0 Å². The zero-order chi connectivity index (χ0) is 10.7. The Balaban J connectivity index is 2.25. The molecule has 1 aliphatic rings. The molecule has 2 rings (SSSR count). The van der Waals surface area contributed by atoms with Crippen LogP contribution in [0.3, 0.4) is 0 Å². The van der Waals surface area contributed by atoms with Crippen molar-refractivity contribution in [2.45, 2.75) is 6.10 Å². The van der Waals surface area contributed by atoms with E-state index >= 15 is 0 Å². The number of amides is 1. The number of aliphatic imine (C=N–C) groups is 1. The van der Waals surface area contributed by atoms with E-state index in [2.05, 4.69) is 4.99 Å². The van der Waals surface area contributed by atoms with Gasteiger partial charge in [0.25, 0.3) is 5.91 Å². The molecule has 78 valence electrons. The Kier molecular flexibility index (Phi) is 3.18. The predicted molar refractivity (Wildman–Crippen MR) is 61.1 cm³/mol. The van der Waals surface area contributed by atoms with Crippen molar-refractivity contribution in [3.05, 3.63) is 35.9 Å². The molecule has 0 saturated carbocycles. The number of methoxy groups -OCH3 is 1. The molecule has 1 heterocycles. The van der Waals surface area contributed by atoms with Crippen molar-refractivity contribution in [2.75, 3.05) is 12.9 Å². The van der Waals surface area contributed by atoms with Crippen LogP contribution in [0.15, 0.2) is 35.3 Å². The molecule has 0 saturated heterocycles. The Morgan fingerprint density at radius 3 is 2.67 bits per heavy atom. The monoisotopic (exact) mass is 221 g/mol. The lowest BCUT2D eigenvalue weighted by Crippen LogP contribution is -2.09. The minimum absolute atomic E-state index is 0.0759. The summed E-state index contributed by atoms with van der Waals surface area (Å²) in [5.74, 6) is 0.357. The summed E-state index contributed by atoms with van der Waals surface area (Å²) in [4.78, 5) is 15.0. The SMILES string of the molecule is COC(C1=NC(=O)CS1)c1ccccc1. The molecule has 0 spiro atoms. The molecule has 4 heteroatoms. The predicted octanol–water partition coefficient (Wildman–Crippen LogP) is 2.05.